The SMILES string of the molecule is CC(C)(C(=O)Nc1ccccc1Oc1ccccc1)C(=O)N1CCCCCC1. The highest BCUT2D eigenvalue weighted by atomic mass is 16.5. The molecule has 5 nitrogen and oxygen atoms in total. The van der Waals surface area contributed by atoms with E-state index in [0.717, 1.165) is 38.8 Å². The number of rotatable bonds is 5. The van der Waals surface area contributed by atoms with Crippen molar-refractivity contribution in [1.29, 1.82) is 0 Å². The van der Waals surface area contributed by atoms with Crippen molar-refractivity contribution in [1.82, 2.24) is 4.90 Å². The number of benzene rings is 2. The molecule has 1 saturated heterocycles. The van der Waals surface area contributed by atoms with Gasteiger partial charge in [-0.05, 0) is 51.0 Å². The summed E-state index contributed by atoms with van der Waals surface area (Å²) >= 11 is 0. The summed E-state index contributed by atoms with van der Waals surface area (Å²) in [4.78, 5) is 27.8. The number of hydrogen-bond acceptors (Lipinski definition) is 3. The Morgan fingerprint density at radius 2 is 1.50 bits per heavy atom. The zero-order chi connectivity index (χ0) is 20.0. The van der Waals surface area contributed by atoms with Crippen LogP contribution in [0.25, 0.3) is 0 Å². The van der Waals surface area contributed by atoms with Crippen molar-refractivity contribution in [2.45, 2.75) is 39.5 Å². The highest BCUT2D eigenvalue weighted by molar-refractivity contribution is 6.10. The average molecular weight is 380 g/mol. The predicted octanol–water partition coefficient (Wildman–Crippen LogP) is 4.85. The minimum Gasteiger partial charge on any atom is -0.455 e. The van der Waals surface area contributed by atoms with Gasteiger partial charge in [0.15, 0.2) is 5.75 Å². The van der Waals surface area contributed by atoms with Gasteiger partial charge in [0.2, 0.25) is 11.8 Å². The van der Waals surface area contributed by atoms with E-state index in [4.69, 9.17) is 4.74 Å². The maximum absolute atomic E-state index is 13.0. The molecule has 1 N–H and O–H groups in total. The molecular weight excluding hydrogens is 352 g/mol. The molecule has 0 unspecified atom stereocenters. The summed E-state index contributed by atoms with van der Waals surface area (Å²) < 4.78 is 5.91. The van der Waals surface area contributed by atoms with Crippen LogP contribution in [0.2, 0.25) is 0 Å². The van der Waals surface area contributed by atoms with Gasteiger partial charge in [-0.1, -0.05) is 43.2 Å². The van der Waals surface area contributed by atoms with E-state index < -0.39 is 5.41 Å². The van der Waals surface area contributed by atoms with Crippen molar-refractivity contribution in [2.75, 3.05) is 18.4 Å². The first-order chi connectivity index (χ1) is 13.5. The Balaban J connectivity index is 1.73. The Morgan fingerprint density at radius 1 is 0.893 bits per heavy atom. The average Bonchev–Trinajstić information content (AvgIpc) is 2.99. The fourth-order valence-electron chi connectivity index (χ4n) is 3.32. The Morgan fingerprint density at radius 3 is 2.18 bits per heavy atom. The number of carbonyl (C=O) groups is 2. The van der Waals surface area contributed by atoms with Gasteiger partial charge in [-0.3, -0.25) is 9.59 Å². The lowest BCUT2D eigenvalue weighted by Gasteiger charge is -2.30. The predicted molar refractivity (Wildman–Crippen MR) is 110 cm³/mol. The number of nitrogens with zero attached hydrogens (tertiary/aromatic N) is 1. The molecule has 0 spiro atoms. The third-order valence-corrected chi connectivity index (χ3v) is 5.10. The molecule has 1 aliphatic heterocycles. The van der Waals surface area contributed by atoms with E-state index in [2.05, 4.69) is 5.32 Å². The number of carbonyl (C=O) groups excluding carboxylic acids is 2. The molecule has 5 heteroatoms. The van der Waals surface area contributed by atoms with E-state index in [0.29, 0.717) is 17.2 Å². The van der Waals surface area contributed by atoms with Gasteiger partial charge in [0.25, 0.3) is 0 Å². The van der Waals surface area contributed by atoms with Crippen molar-refractivity contribution in [2.24, 2.45) is 5.41 Å². The lowest BCUT2D eigenvalue weighted by Crippen LogP contribution is -2.47. The first kappa shape index (κ1) is 19.9. The van der Waals surface area contributed by atoms with Crippen LogP contribution in [0, 0.1) is 5.41 Å². The molecule has 148 valence electrons. The minimum atomic E-state index is -1.15. The van der Waals surface area contributed by atoms with Crippen LogP contribution >= 0.6 is 0 Å². The molecule has 0 aromatic heterocycles. The van der Waals surface area contributed by atoms with E-state index >= 15 is 0 Å². The van der Waals surface area contributed by atoms with Crippen molar-refractivity contribution in [3.8, 4) is 11.5 Å². The molecule has 0 saturated carbocycles. The highest BCUT2D eigenvalue weighted by Crippen LogP contribution is 2.31. The van der Waals surface area contributed by atoms with Crippen LogP contribution in [0.3, 0.4) is 0 Å². The summed E-state index contributed by atoms with van der Waals surface area (Å²) in [6.07, 6.45) is 4.27. The monoisotopic (exact) mass is 380 g/mol. The maximum Gasteiger partial charge on any atom is 0.239 e. The van der Waals surface area contributed by atoms with Gasteiger partial charge in [-0.2, -0.15) is 0 Å². The normalized spacial score (nSPS) is 14.9. The smallest absolute Gasteiger partial charge is 0.239 e. The lowest BCUT2D eigenvalue weighted by atomic mass is 9.90. The summed E-state index contributed by atoms with van der Waals surface area (Å²) in [5, 5.41) is 2.90. The maximum atomic E-state index is 13.0. The minimum absolute atomic E-state index is 0.117. The van der Waals surface area contributed by atoms with Gasteiger partial charge in [-0.25, -0.2) is 0 Å². The Bertz CT molecular complexity index is 810. The zero-order valence-electron chi connectivity index (χ0n) is 16.6. The molecular formula is C23H28N2O3. The number of anilines is 1. The van der Waals surface area contributed by atoms with Crippen molar-refractivity contribution in [3.63, 3.8) is 0 Å². The Hall–Kier alpha value is -2.82. The van der Waals surface area contributed by atoms with Crippen molar-refractivity contribution in [3.05, 3.63) is 54.6 Å². The number of ether oxygens (including phenoxy) is 1. The third kappa shape index (κ3) is 4.71. The van der Waals surface area contributed by atoms with Crippen LogP contribution in [0.4, 0.5) is 5.69 Å². The molecule has 1 aliphatic rings. The fourth-order valence-corrected chi connectivity index (χ4v) is 3.32. The molecule has 28 heavy (non-hydrogen) atoms. The number of likely N-dealkylation sites (tertiary alicyclic amines) is 1. The van der Waals surface area contributed by atoms with Crippen LogP contribution in [0.1, 0.15) is 39.5 Å². The number of nitrogens with one attached hydrogen (secondary N) is 1. The Kier molecular flexibility index (Phi) is 6.34. The number of para-hydroxylation sites is 3. The molecule has 2 aromatic rings. The fraction of sp³-hybridized carbons (Fsp3) is 0.391. The van der Waals surface area contributed by atoms with E-state index in [1.54, 1.807) is 26.0 Å². The molecule has 1 heterocycles. The molecule has 0 radical (unpaired) electrons. The van der Waals surface area contributed by atoms with Gasteiger partial charge in [-0.15, -0.1) is 0 Å². The summed E-state index contributed by atoms with van der Waals surface area (Å²) in [6, 6.07) is 16.7. The van der Waals surface area contributed by atoms with Gasteiger partial charge < -0.3 is 15.0 Å². The van der Waals surface area contributed by atoms with Crippen LogP contribution < -0.4 is 10.1 Å². The Labute approximate surface area is 166 Å². The summed E-state index contributed by atoms with van der Waals surface area (Å²) in [5.41, 5.74) is -0.599. The second kappa shape index (κ2) is 8.91. The summed E-state index contributed by atoms with van der Waals surface area (Å²) in [6.45, 7) is 4.83. The van der Waals surface area contributed by atoms with E-state index in [-0.39, 0.29) is 11.8 Å². The molecule has 2 amide bonds. The summed E-state index contributed by atoms with van der Waals surface area (Å²) in [5.74, 6) is 0.781. The first-order valence-electron chi connectivity index (χ1n) is 9.91. The standard InChI is InChI=1S/C23H28N2O3/c1-23(2,22(27)25-16-10-3-4-11-17-25)21(26)24-19-14-8-9-15-20(19)28-18-12-6-5-7-13-18/h5-9,12-15H,3-4,10-11,16-17H2,1-2H3,(H,24,26). The van der Waals surface area contributed by atoms with Gasteiger partial charge in [0, 0.05) is 13.1 Å². The lowest BCUT2D eigenvalue weighted by molar-refractivity contribution is -0.146. The second-order valence-electron chi connectivity index (χ2n) is 7.70. The quantitative estimate of drug-likeness (QED) is 0.755. The van der Waals surface area contributed by atoms with Crippen LogP contribution in [0.5, 0.6) is 11.5 Å². The van der Waals surface area contributed by atoms with E-state index in [9.17, 15) is 9.59 Å². The van der Waals surface area contributed by atoms with E-state index in [1.807, 2.05) is 47.4 Å². The number of hydrogen-bond donors (Lipinski definition) is 1. The van der Waals surface area contributed by atoms with Crippen LogP contribution in [0.15, 0.2) is 54.6 Å². The molecule has 0 atom stereocenters. The first-order valence-corrected chi connectivity index (χ1v) is 9.91. The highest BCUT2D eigenvalue weighted by Gasteiger charge is 2.39. The molecule has 0 aliphatic carbocycles. The molecule has 2 aromatic carbocycles. The van der Waals surface area contributed by atoms with Gasteiger partial charge in [0.1, 0.15) is 11.2 Å². The van der Waals surface area contributed by atoms with Crippen molar-refractivity contribution >= 4 is 17.5 Å². The molecule has 3 rings (SSSR count). The van der Waals surface area contributed by atoms with Crippen LogP contribution in [-0.2, 0) is 9.59 Å². The van der Waals surface area contributed by atoms with Gasteiger partial charge in [0.05, 0.1) is 5.69 Å². The third-order valence-electron chi connectivity index (χ3n) is 5.10. The second-order valence-corrected chi connectivity index (χ2v) is 7.70. The summed E-state index contributed by atoms with van der Waals surface area (Å²) in [7, 11) is 0. The zero-order valence-corrected chi connectivity index (χ0v) is 16.6. The molecule has 0 bridgehead atoms. The topological polar surface area (TPSA) is 58.6 Å². The largest absolute Gasteiger partial charge is 0.455 e. The van der Waals surface area contributed by atoms with E-state index in [1.165, 1.54) is 0 Å². The van der Waals surface area contributed by atoms with Crippen LogP contribution in [-0.4, -0.2) is 29.8 Å². The van der Waals surface area contributed by atoms with Crippen molar-refractivity contribution < 1.29 is 14.3 Å². The van der Waals surface area contributed by atoms with Gasteiger partial charge >= 0.3 is 0 Å². The number of amides is 2. The molecule has 1 fully saturated rings.